The summed E-state index contributed by atoms with van der Waals surface area (Å²) < 4.78 is 37.6. The van der Waals surface area contributed by atoms with E-state index in [4.69, 9.17) is 5.11 Å². The third-order valence-electron chi connectivity index (χ3n) is 3.22. The lowest BCUT2D eigenvalue weighted by Gasteiger charge is -2.22. The molecule has 0 saturated heterocycles. The number of carbonyl (C=O) groups is 2. The number of nitrogens with zero attached hydrogens (tertiary/aromatic N) is 2. The number of carbonyl (C=O) groups excluding carboxylic acids is 2. The lowest BCUT2D eigenvalue weighted by atomic mass is 10.2. The second-order valence-electron chi connectivity index (χ2n) is 5.73. The Kier molecular flexibility index (Phi) is 7.85. The van der Waals surface area contributed by atoms with Crippen molar-refractivity contribution in [2.24, 2.45) is 0 Å². The van der Waals surface area contributed by atoms with E-state index in [1.54, 1.807) is 14.1 Å². The second kappa shape index (κ2) is 9.38. The van der Waals surface area contributed by atoms with Gasteiger partial charge in [0.05, 0.1) is 13.1 Å². The zero-order valence-electron chi connectivity index (χ0n) is 14.1. The maximum atomic E-state index is 12.5. The van der Waals surface area contributed by atoms with Crippen LogP contribution in [0.5, 0.6) is 0 Å². The number of hydrogen-bond acceptors (Lipinski definition) is 4. The van der Waals surface area contributed by atoms with Gasteiger partial charge in [0, 0.05) is 38.5 Å². The van der Waals surface area contributed by atoms with Crippen molar-refractivity contribution in [2.75, 3.05) is 45.7 Å². The average molecular weight is 361 g/mol. The van der Waals surface area contributed by atoms with Crippen LogP contribution in [0.25, 0.3) is 0 Å². The summed E-state index contributed by atoms with van der Waals surface area (Å²) in [5.41, 5.74) is 0.819. The Bertz CT molecular complexity index is 574. The lowest BCUT2D eigenvalue weighted by Crippen LogP contribution is -2.40. The maximum absolute atomic E-state index is 12.5. The summed E-state index contributed by atoms with van der Waals surface area (Å²) in [6, 6.07) is 6.07. The first-order valence-electron chi connectivity index (χ1n) is 7.64. The number of nitrogens with one attached hydrogen (secondary N) is 1. The Labute approximate surface area is 144 Å². The Morgan fingerprint density at radius 3 is 2.24 bits per heavy atom. The predicted molar refractivity (Wildman–Crippen MR) is 87.3 cm³/mol. The molecule has 1 aromatic carbocycles. The summed E-state index contributed by atoms with van der Waals surface area (Å²) in [6.45, 7) is -1.97. The van der Waals surface area contributed by atoms with E-state index in [0.717, 1.165) is 4.90 Å². The van der Waals surface area contributed by atoms with E-state index in [-0.39, 0.29) is 25.5 Å². The summed E-state index contributed by atoms with van der Waals surface area (Å²) in [7, 11) is 3.22. The molecule has 0 aliphatic rings. The molecule has 140 valence electrons. The third kappa shape index (κ3) is 7.99. The van der Waals surface area contributed by atoms with Crippen molar-refractivity contribution < 1.29 is 27.9 Å². The molecule has 2 N–H and O–H groups in total. The van der Waals surface area contributed by atoms with Gasteiger partial charge in [-0.1, -0.05) is 0 Å². The summed E-state index contributed by atoms with van der Waals surface area (Å²) in [4.78, 5) is 26.0. The number of halogens is 3. The molecule has 0 aliphatic carbocycles. The minimum atomic E-state index is -4.43. The Morgan fingerprint density at radius 1 is 1.16 bits per heavy atom. The van der Waals surface area contributed by atoms with Gasteiger partial charge < -0.3 is 15.3 Å². The monoisotopic (exact) mass is 361 g/mol. The van der Waals surface area contributed by atoms with Crippen LogP contribution in [0.4, 0.5) is 18.9 Å². The highest BCUT2D eigenvalue weighted by molar-refractivity contribution is 5.96. The highest BCUT2D eigenvalue weighted by atomic mass is 19.4. The van der Waals surface area contributed by atoms with Crippen molar-refractivity contribution >= 4 is 17.5 Å². The van der Waals surface area contributed by atoms with Crippen molar-refractivity contribution in [2.45, 2.75) is 12.6 Å². The first-order chi connectivity index (χ1) is 11.6. The van der Waals surface area contributed by atoms with E-state index in [2.05, 4.69) is 5.32 Å². The van der Waals surface area contributed by atoms with Crippen LogP contribution < -0.4 is 5.32 Å². The molecule has 0 heterocycles. The second-order valence-corrected chi connectivity index (χ2v) is 5.73. The van der Waals surface area contributed by atoms with E-state index < -0.39 is 25.2 Å². The van der Waals surface area contributed by atoms with E-state index >= 15 is 0 Å². The van der Waals surface area contributed by atoms with Crippen LogP contribution in [0.15, 0.2) is 24.3 Å². The number of amides is 2. The molecule has 6 nitrogen and oxygen atoms in total. The molecule has 9 heteroatoms. The molecule has 1 aromatic rings. The zero-order chi connectivity index (χ0) is 19.0. The number of aliphatic hydroxyl groups excluding tert-OH is 1. The fourth-order valence-corrected chi connectivity index (χ4v) is 2.12. The fraction of sp³-hybridized carbons (Fsp3) is 0.500. The lowest BCUT2D eigenvalue weighted by molar-refractivity contribution is -0.148. The Morgan fingerprint density at radius 2 is 1.76 bits per heavy atom. The van der Waals surface area contributed by atoms with Gasteiger partial charge in [0.25, 0.3) is 5.91 Å². The van der Waals surface area contributed by atoms with Gasteiger partial charge in [-0.2, -0.15) is 13.2 Å². The molecule has 2 amide bonds. The van der Waals surface area contributed by atoms with Crippen molar-refractivity contribution in [3.05, 3.63) is 29.8 Å². The molecule has 0 saturated carbocycles. The van der Waals surface area contributed by atoms with Gasteiger partial charge in [0.1, 0.15) is 0 Å². The smallest absolute Gasteiger partial charge is 0.396 e. The van der Waals surface area contributed by atoms with Gasteiger partial charge in [-0.15, -0.1) is 0 Å². The zero-order valence-corrected chi connectivity index (χ0v) is 14.1. The molecule has 0 radical (unpaired) electrons. The Balaban J connectivity index is 2.65. The molecule has 25 heavy (non-hydrogen) atoms. The fourth-order valence-electron chi connectivity index (χ4n) is 2.12. The number of aliphatic hydroxyl groups is 1. The van der Waals surface area contributed by atoms with E-state index in [1.807, 2.05) is 0 Å². The Hall–Kier alpha value is -2.13. The number of alkyl halides is 3. The van der Waals surface area contributed by atoms with Gasteiger partial charge >= 0.3 is 6.18 Å². The first kappa shape index (κ1) is 20.9. The molecule has 0 fully saturated rings. The first-order valence-corrected chi connectivity index (χ1v) is 7.64. The number of anilines is 1. The SMILES string of the molecule is CN(C)C(=O)c1ccc(NC(=O)CN(CCCO)CC(F)(F)F)cc1. The van der Waals surface area contributed by atoms with Crippen molar-refractivity contribution in [1.29, 1.82) is 0 Å². The van der Waals surface area contributed by atoms with Gasteiger partial charge in [0.15, 0.2) is 0 Å². The van der Waals surface area contributed by atoms with Crippen LogP contribution in [0.1, 0.15) is 16.8 Å². The summed E-state index contributed by atoms with van der Waals surface area (Å²) >= 11 is 0. The quantitative estimate of drug-likeness (QED) is 0.737. The van der Waals surface area contributed by atoms with Crippen LogP contribution in [0.3, 0.4) is 0 Å². The van der Waals surface area contributed by atoms with Gasteiger partial charge in [-0.05, 0) is 30.7 Å². The number of hydrogen-bond donors (Lipinski definition) is 2. The highest BCUT2D eigenvalue weighted by Crippen LogP contribution is 2.17. The molecule has 0 atom stereocenters. The minimum Gasteiger partial charge on any atom is -0.396 e. The minimum absolute atomic E-state index is 0.0420. The van der Waals surface area contributed by atoms with Crippen LogP contribution in [-0.4, -0.2) is 73.2 Å². The normalized spacial score (nSPS) is 11.5. The largest absolute Gasteiger partial charge is 0.401 e. The van der Waals surface area contributed by atoms with Gasteiger partial charge in [-0.25, -0.2) is 0 Å². The molecule has 0 unspecified atom stereocenters. The molecular formula is C16H22F3N3O3. The standard InChI is InChI=1S/C16H22F3N3O3/c1-21(2)15(25)12-4-6-13(7-5-12)20-14(24)10-22(8-3-9-23)11-16(17,18)19/h4-7,23H,3,8-11H2,1-2H3,(H,20,24). The van der Waals surface area contributed by atoms with E-state index in [1.165, 1.54) is 29.2 Å². The summed E-state index contributed by atoms with van der Waals surface area (Å²) in [6.07, 6.45) is -4.28. The molecule has 0 spiro atoms. The van der Waals surface area contributed by atoms with Crippen LogP contribution in [0.2, 0.25) is 0 Å². The van der Waals surface area contributed by atoms with Crippen molar-refractivity contribution in [3.63, 3.8) is 0 Å². The molecule has 1 rings (SSSR count). The van der Waals surface area contributed by atoms with Gasteiger partial charge in [0.2, 0.25) is 5.91 Å². The average Bonchev–Trinajstić information content (AvgIpc) is 2.51. The maximum Gasteiger partial charge on any atom is 0.401 e. The summed E-state index contributed by atoms with van der Waals surface area (Å²) in [5, 5.41) is 11.2. The van der Waals surface area contributed by atoms with Crippen LogP contribution >= 0.6 is 0 Å². The summed E-state index contributed by atoms with van der Waals surface area (Å²) in [5.74, 6) is -0.799. The molecule has 0 bridgehead atoms. The van der Waals surface area contributed by atoms with E-state index in [0.29, 0.717) is 11.3 Å². The van der Waals surface area contributed by atoms with E-state index in [9.17, 15) is 22.8 Å². The molecule has 0 aromatic heterocycles. The molecule has 0 aliphatic heterocycles. The number of rotatable bonds is 8. The molecular weight excluding hydrogens is 339 g/mol. The van der Waals surface area contributed by atoms with Crippen LogP contribution in [-0.2, 0) is 4.79 Å². The third-order valence-corrected chi connectivity index (χ3v) is 3.22. The topological polar surface area (TPSA) is 72.9 Å². The number of benzene rings is 1. The predicted octanol–water partition coefficient (Wildman–Crippen LogP) is 1.57. The van der Waals surface area contributed by atoms with Crippen LogP contribution in [0, 0.1) is 0 Å². The van der Waals surface area contributed by atoms with Crippen molar-refractivity contribution in [3.8, 4) is 0 Å². The van der Waals surface area contributed by atoms with Crippen molar-refractivity contribution in [1.82, 2.24) is 9.80 Å². The highest BCUT2D eigenvalue weighted by Gasteiger charge is 2.31. The van der Waals surface area contributed by atoms with Gasteiger partial charge in [-0.3, -0.25) is 14.5 Å².